The van der Waals surface area contributed by atoms with Crippen molar-refractivity contribution in [3.8, 4) is 0 Å². The van der Waals surface area contributed by atoms with Crippen molar-refractivity contribution in [3.63, 3.8) is 0 Å². The molecule has 1 aliphatic heterocycles. The Bertz CT molecular complexity index is 435. The van der Waals surface area contributed by atoms with Crippen molar-refractivity contribution >= 4 is 18.2 Å². The summed E-state index contributed by atoms with van der Waals surface area (Å²) in [5, 5.41) is 3.33. The average molecular weight is 245 g/mol. The highest BCUT2D eigenvalue weighted by atomic mass is 15.2. The molecule has 1 aromatic rings. The molecule has 0 radical (unpaired) electrons. The first kappa shape index (κ1) is 12.7. The molecule has 5 heteroatoms. The Balaban J connectivity index is 2.34. The smallest absolute Gasteiger partial charge is 0.134 e. The van der Waals surface area contributed by atoms with Crippen LogP contribution in [-0.4, -0.2) is 50.3 Å². The summed E-state index contributed by atoms with van der Waals surface area (Å²) in [6.07, 6.45) is 0. The summed E-state index contributed by atoms with van der Waals surface area (Å²) in [7, 11) is 0. The summed E-state index contributed by atoms with van der Waals surface area (Å²) in [6.45, 7) is 7.70. The minimum atomic E-state index is 0.282. The molecule has 0 bridgehead atoms. The number of amidine groups is 1. The quantitative estimate of drug-likeness (QED) is 0.605. The lowest BCUT2D eigenvalue weighted by molar-refractivity contribution is 0.357. The van der Waals surface area contributed by atoms with Crippen molar-refractivity contribution in [1.82, 2.24) is 10.2 Å². The van der Waals surface area contributed by atoms with Crippen molar-refractivity contribution in [2.24, 2.45) is 15.7 Å². The maximum atomic E-state index is 5.59. The van der Waals surface area contributed by atoms with Gasteiger partial charge in [-0.15, -0.1) is 0 Å². The Morgan fingerprint density at radius 2 is 2.06 bits per heavy atom. The van der Waals surface area contributed by atoms with Crippen LogP contribution in [0.15, 0.2) is 34.3 Å². The van der Waals surface area contributed by atoms with Crippen LogP contribution >= 0.6 is 0 Å². The van der Waals surface area contributed by atoms with E-state index in [-0.39, 0.29) is 6.67 Å². The van der Waals surface area contributed by atoms with Gasteiger partial charge in [0.2, 0.25) is 0 Å². The molecule has 0 saturated carbocycles. The van der Waals surface area contributed by atoms with Crippen LogP contribution in [-0.2, 0) is 0 Å². The van der Waals surface area contributed by atoms with Crippen LogP contribution in [0.4, 0.5) is 5.69 Å². The molecular formula is C13H19N5. The molecule has 0 amide bonds. The van der Waals surface area contributed by atoms with Crippen molar-refractivity contribution in [1.29, 1.82) is 0 Å². The van der Waals surface area contributed by atoms with Crippen LogP contribution in [0.5, 0.6) is 0 Å². The van der Waals surface area contributed by atoms with Crippen molar-refractivity contribution in [2.75, 3.05) is 32.8 Å². The number of para-hydroxylation sites is 1. The largest absolute Gasteiger partial charge is 0.354 e. The number of rotatable bonds is 3. The van der Waals surface area contributed by atoms with Gasteiger partial charge in [0.1, 0.15) is 5.84 Å². The molecule has 0 aromatic heterocycles. The number of nitrogens with two attached hydrogens (primary N) is 1. The summed E-state index contributed by atoms with van der Waals surface area (Å²) in [4.78, 5) is 10.7. The fraction of sp³-hybridized carbons (Fsp3) is 0.385. The second-order valence-corrected chi connectivity index (χ2v) is 4.08. The molecule has 1 aromatic carbocycles. The number of hydrogen-bond donors (Lipinski definition) is 2. The van der Waals surface area contributed by atoms with E-state index in [4.69, 9.17) is 5.73 Å². The van der Waals surface area contributed by atoms with Gasteiger partial charge in [0.25, 0.3) is 0 Å². The number of nitrogens with zero attached hydrogens (tertiary/aromatic N) is 3. The minimum Gasteiger partial charge on any atom is -0.354 e. The number of hydrogen-bond acceptors (Lipinski definition) is 4. The molecular weight excluding hydrogens is 226 g/mol. The lowest BCUT2D eigenvalue weighted by atomic mass is 10.1. The zero-order valence-corrected chi connectivity index (χ0v) is 10.5. The second-order valence-electron chi connectivity index (χ2n) is 4.08. The Hall–Kier alpha value is -1.72. The van der Waals surface area contributed by atoms with E-state index in [9.17, 15) is 0 Å². The molecule has 1 aliphatic rings. The van der Waals surface area contributed by atoms with Crippen molar-refractivity contribution < 1.29 is 0 Å². The van der Waals surface area contributed by atoms with Crippen molar-refractivity contribution in [3.05, 3.63) is 29.8 Å². The number of benzene rings is 1. The van der Waals surface area contributed by atoms with Crippen LogP contribution in [0.25, 0.3) is 0 Å². The van der Waals surface area contributed by atoms with E-state index in [1.807, 2.05) is 24.3 Å². The van der Waals surface area contributed by atoms with Gasteiger partial charge in [0.05, 0.1) is 12.4 Å². The molecule has 5 nitrogen and oxygen atoms in total. The molecule has 1 saturated heterocycles. The third-order valence-electron chi connectivity index (χ3n) is 2.97. The first-order valence-corrected chi connectivity index (χ1v) is 6.13. The van der Waals surface area contributed by atoms with E-state index < -0.39 is 0 Å². The molecule has 0 aliphatic carbocycles. The SMILES string of the molecule is C=Nc1ccccc1/C(=N\CN)N1CCNCC1. The van der Waals surface area contributed by atoms with Gasteiger partial charge >= 0.3 is 0 Å². The van der Waals surface area contributed by atoms with Crippen LogP contribution < -0.4 is 11.1 Å². The van der Waals surface area contributed by atoms with E-state index in [1.54, 1.807) is 0 Å². The van der Waals surface area contributed by atoms with Crippen LogP contribution in [0, 0.1) is 0 Å². The monoisotopic (exact) mass is 245 g/mol. The summed E-state index contributed by atoms with van der Waals surface area (Å²) in [5.41, 5.74) is 7.44. The minimum absolute atomic E-state index is 0.282. The highest BCUT2D eigenvalue weighted by molar-refractivity contribution is 6.03. The molecule has 18 heavy (non-hydrogen) atoms. The summed E-state index contributed by atoms with van der Waals surface area (Å²) in [5.74, 6) is 0.919. The number of aliphatic imine (C=N–C) groups is 2. The van der Waals surface area contributed by atoms with Crippen molar-refractivity contribution in [2.45, 2.75) is 0 Å². The summed E-state index contributed by atoms with van der Waals surface area (Å²) in [6, 6.07) is 7.89. The second kappa shape index (κ2) is 6.28. The van der Waals surface area contributed by atoms with Crippen LogP contribution in [0.1, 0.15) is 5.56 Å². The van der Waals surface area contributed by atoms with Gasteiger partial charge in [0.15, 0.2) is 0 Å². The van der Waals surface area contributed by atoms with Gasteiger partial charge in [0, 0.05) is 31.7 Å². The van der Waals surface area contributed by atoms with Gasteiger partial charge in [-0.3, -0.25) is 9.98 Å². The van der Waals surface area contributed by atoms with E-state index in [2.05, 4.69) is 26.9 Å². The van der Waals surface area contributed by atoms with E-state index in [0.717, 1.165) is 43.3 Å². The Morgan fingerprint density at radius 3 is 2.72 bits per heavy atom. The standard InChI is InChI=1S/C13H19N5/c1-15-12-5-3-2-4-11(12)13(17-10-14)18-8-6-16-7-9-18/h2-5,16H,1,6-10,14H2/b17-13+. The lowest BCUT2D eigenvalue weighted by Crippen LogP contribution is -2.47. The van der Waals surface area contributed by atoms with E-state index in [1.165, 1.54) is 0 Å². The molecule has 1 heterocycles. The topological polar surface area (TPSA) is 66.0 Å². The maximum Gasteiger partial charge on any atom is 0.134 e. The lowest BCUT2D eigenvalue weighted by Gasteiger charge is -2.31. The van der Waals surface area contributed by atoms with Gasteiger partial charge in [-0.1, -0.05) is 12.1 Å². The fourth-order valence-corrected chi connectivity index (χ4v) is 2.12. The molecule has 0 unspecified atom stereocenters. The first-order valence-electron chi connectivity index (χ1n) is 6.13. The highest BCUT2D eigenvalue weighted by Gasteiger charge is 2.17. The average Bonchev–Trinajstić information content (AvgIpc) is 2.46. The predicted molar refractivity (Wildman–Crippen MR) is 75.7 cm³/mol. The fourth-order valence-electron chi connectivity index (χ4n) is 2.12. The Kier molecular flexibility index (Phi) is 4.44. The van der Waals surface area contributed by atoms with E-state index >= 15 is 0 Å². The van der Waals surface area contributed by atoms with Gasteiger partial charge < -0.3 is 16.0 Å². The third-order valence-corrected chi connectivity index (χ3v) is 2.97. The summed E-state index contributed by atoms with van der Waals surface area (Å²) < 4.78 is 0. The normalized spacial score (nSPS) is 16.7. The maximum absolute atomic E-state index is 5.59. The zero-order chi connectivity index (χ0) is 12.8. The molecule has 2 rings (SSSR count). The molecule has 1 fully saturated rings. The highest BCUT2D eigenvalue weighted by Crippen LogP contribution is 2.20. The van der Waals surface area contributed by atoms with Crippen LogP contribution in [0.2, 0.25) is 0 Å². The molecule has 0 atom stereocenters. The number of piperazine rings is 1. The molecule has 0 spiro atoms. The van der Waals surface area contributed by atoms with E-state index in [0.29, 0.717) is 0 Å². The predicted octanol–water partition coefficient (Wildman–Crippen LogP) is 0.587. The molecule has 96 valence electrons. The zero-order valence-electron chi connectivity index (χ0n) is 10.5. The number of nitrogens with one attached hydrogen (secondary N) is 1. The van der Waals surface area contributed by atoms with Gasteiger partial charge in [-0.2, -0.15) is 0 Å². The van der Waals surface area contributed by atoms with Crippen LogP contribution in [0.3, 0.4) is 0 Å². The molecule has 3 N–H and O–H groups in total. The first-order chi connectivity index (χ1) is 8.86. The summed E-state index contributed by atoms with van der Waals surface area (Å²) >= 11 is 0. The van der Waals surface area contributed by atoms with Gasteiger partial charge in [-0.05, 0) is 18.9 Å². The third kappa shape index (κ3) is 2.75. The van der Waals surface area contributed by atoms with Gasteiger partial charge in [-0.25, -0.2) is 0 Å². The Labute approximate surface area is 107 Å². The Morgan fingerprint density at radius 1 is 1.33 bits per heavy atom.